The fourth-order valence-electron chi connectivity index (χ4n) is 3.06. The number of hydrogen-bond donors (Lipinski definition) is 3. The van der Waals surface area contributed by atoms with Crippen LogP contribution in [0.2, 0.25) is 0 Å². The van der Waals surface area contributed by atoms with Crippen LogP contribution in [0.15, 0.2) is 73.1 Å². The molecule has 0 atom stereocenters. The van der Waals surface area contributed by atoms with Crippen molar-refractivity contribution in [3.8, 4) is 11.5 Å². The molecule has 0 saturated carbocycles. The Labute approximate surface area is 204 Å². The Balaban J connectivity index is 0.000000246. The van der Waals surface area contributed by atoms with Gasteiger partial charge in [0.2, 0.25) is 0 Å². The van der Waals surface area contributed by atoms with Crippen molar-refractivity contribution in [1.29, 1.82) is 0 Å². The van der Waals surface area contributed by atoms with Crippen LogP contribution in [0.25, 0.3) is 21.8 Å². The van der Waals surface area contributed by atoms with Crippen LogP contribution in [0, 0.1) is 0 Å². The average Bonchev–Trinajstić information content (AvgIpc) is 2.74. The first-order valence-electron chi connectivity index (χ1n) is 9.92. The topological polar surface area (TPSA) is 100 Å². The minimum Gasteiger partial charge on any atom is -1.00 e. The molecule has 2 heterocycles. The number of fused-ring (bicyclic) bond motifs is 2. The molecule has 0 unspecified atom stereocenters. The lowest BCUT2D eigenvalue weighted by Gasteiger charge is -2.01. The first kappa shape index (κ1) is 26.9. The molecule has 170 valence electrons. The van der Waals surface area contributed by atoms with Crippen molar-refractivity contribution in [2.45, 2.75) is 13.3 Å². The quantitative estimate of drug-likeness (QED) is 0.223. The zero-order valence-corrected chi connectivity index (χ0v) is 20.5. The van der Waals surface area contributed by atoms with Gasteiger partial charge in [-0.1, -0.05) is 19.1 Å². The Morgan fingerprint density at radius 3 is 1.56 bits per heavy atom. The summed E-state index contributed by atoms with van der Waals surface area (Å²) in [6, 6.07) is 18.9. The summed E-state index contributed by atoms with van der Waals surface area (Å²) in [5, 5.41) is 32.8. The summed E-state index contributed by atoms with van der Waals surface area (Å²) in [6.45, 7) is 2.37. The van der Waals surface area contributed by atoms with Gasteiger partial charge in [-0.25, -0.2) is 0 Å². The van der Waals surface area contributed by atoms with Crippen molar-refractivity contribution < 1.29 is 53.2 Å². The van der Waals surface area contributed by atoms with E-state index in [1.54, 1.807) is 12.1 Å². The van der Waals surface area contributed by atoms with Gasteiger partial charge in [0.15, 0.2) is 23.9 Å². The number of benzene rings is 2. The number of amides is 1. The molecule has 0 fully saturated rings. The van der Waals surface area contributed by atoms with Crippen LogP contribution in [0.1, 0.15) is 13.3 Å². The number of phenolic OH excluding ortho intramolecular Hbond substituents is 2. The number of phenols is 2. The minimum absolute atomic E-state index is 0. The van der Waals surface area contributed by atoms with Crippen molar-refractivity contribution in [3.63, 3.8) is 0 Å². The zero-order valence-electron chi connectivity index (χ0n) is 18.3. The molecule has 0 spiro atoms. The fourth-order valence-corrected chi connectivity index (χ4v) is 3.06. The lowest BCUT2D eigenvalue weighted by Crippen LogP contribution is -3.00. The largest absolute Gasteiger partial charge is 1.00 e. The fraction of sp³-hybridized carbons (Fsp3) is 0.208. The van der Waals surface area contributed by atoms with E-state index < -0.39 is 6.09 Å². The highest BCUT2D eigenvalue weighted by Crippen LogP contribution is 2.20. The number of pyridine rings is 2. The van der Waals surface area contributed by atoms with Gasteiger partial charge >= 0.3 is 0 Å². The first-order chi connectivity index (χ1) is 14.8. The smallest absolute Gasteiger partial charge is 0.254 e. The van der Waals surface area contributed by atoms with Gasteiger partial charge < -0.3 is 49.4 Å². The standard InChI is InChI=1S/2C10H9NO.C4H9NO2.HI/c2*1-11-7-3-5-8-4-2-6-9(12)10(8)11;1-2-3-5-4(6)7;/h2*2-7H,1H3;5H,2-3H2,1H3,(H,6,7);1H. The van der Waals surface area contributed by atoms with Crippen molar-refractivity contribution in [1.82, 2.24) is 5.32 Å². The summed E-state index contributed by atoms with van der Waals surface area (Å²) in [4.78, 5) is 9.54. The van der Waals surface area contributed by atoms with Gasteiger partial charge in [0.25, 0.3) is 11.0 Å². The summed E-state index contributed by atoms with van der Waals surface area (Å²) in [7, 11) is 3.84. The van der Waals surface area contributed by atoms with Gasteiger partial charge in [0.1, 0.15) is 20.2 Å². The highest BCUT2D eigenvalue weighted by molar-refractivity contribution is 5.81. The molecule has 2 aromatic carbocycles. The molecular formula is C24H28IN3O4. The Morgan fingerprint density at radius 1 is 0.844 bits per heavy atom. The predicted molar refractivity (Wildman–Crippen MR) is 117 cm³/mol. The third kappa shape index (κ3) is 7.52. The van der Waals surface area contributed by atoms with Crippen molar-refractivity contribution >= 4 is 27.9 Å². The summed E-state index contributed by atoms with van der Waals surface area (Å²) in [5.41, 5.74) is 1.75. The summed E-state index contributed by atoms with van der Waals surface area (Å²) >= 11 is 0. The van der Waals surface area contributed by atoms with Crippen molar-refractivity contribution in [2.75, 3.05) is 6.54 Å². The molecule has 4 aromatic rings. The second-order valence-electron chi connectivity index (χ2n) is 6.88. The number of aromatic hydroxyl groups is 2. The molecular weight excluding hydrogens is 521 g/mol. The molecule has 0 bridgehead atoms. The molecule has 1 amide bonds. The molecule has 2 aromatic heterocycles. The Bertz CT molecular complexity index is 1010. The van der Waals surface area contributed by atoms with Crippen LogP contribution in [0.3, 0.4) is 0 Å². The van der Waals surface area contributed by atoms with E-state index in [1.165, 1.54) is 0 Å². The first-order valence-corrected chi connectivity index (χ1v) is 9.92. The van der Waals surface area contributed by atoms with Crippen LogP contribution in [0.5, 0.6) is 11.5 Å². The number of carbonyl (C=O) groups is 1. The van der Waals surface area contributed by atoms with Crippen LogP contribution >= 0.6 is 0 Å². The number of aryl methyl sites for hydroxylation is 2. The third-order valence-corrected chi connectivity index (χ3v) is 4.49. The molecule has 0 aliphatic rings. The average molecular weight is 549 g/mol. The van der Waals surface area contributed by atoms with Crippen LogP contribution < -0.4 is 43.5 Å². The van der Waals surface area contributed by atoms with Gasteiger partial charge in [-0.15, -0.1) is 0 Å². The number of hydrogen-bond acceptors (Lipinski definition) is 4. The monoisotopic (exact) mass is 549 g/mol. The summed E-state index contributed by atoms with van der Waals surface area (Å²) < 4.78 is 3.81. The van der Waals surface area contributed by atoms with Gasteiger partial charge in [-0.2, -0.15) is 9.13 Å². The van der Waals surface area contributed by atoms with Crippen molar-refractivity contribution in [3.05, 3.63) is 73.1 Å². The van der Waals surface area contributed by atoms with Crippen molar-refractivity contribution in [2.24, 2.45) is 14.1 Å². The Hall–Kier alpha value is -3.14. The summed E-state index contributed by atoms with van der Waals surface area (Å²) in [5.74, 6) is 0.659. The van der Waals surface area contributed by atoms with E-state index in [9.17, 15) is 20.1 Å². The summed E-state index contributed by atoms with van der Waals surface area (Å²) in [6.07, 6.45) is 3.46. The van der Waals surface area contributed by atoms with Gasteiger partial charge in [0, 0.05) is 18.7 Å². The number of nitrogens with one attached hydrogen (secondary N) is 1. The van der Waals surface area contributed by atoms with Gasteiger partial charge in [0.05, 0.1) is 10.8 Å². The lowest BCUT2D eigenvalue weighted by molar-refractivity contribution is -0.645. The van der Waals surface area contributed by atoms with E-state index >= 15 is 0 Å². The van der Waals surface area contributed by atoms with E-state index in [0.29, 0.717) is 18.0 Å². The second kappa shape index (κ2) is 13.3. The van der Waals surface area contributed by atoms with E-state index in [2.05, 4.69) is 5.32 Å². The number of carboxylic acid groups (broad SMARTS) is 1. The zero-order chi connectivity index (χ0) is 22.8. The maximum atomic E-state index is 9.54. The lowest BCUT2D eigenvalue weighted by atomic mass is 10.2. The van der Waals surface area contributed by atoms with Crippen LogP contribution in [-0.4, -0.2) is 22.9 Å². The number of carbonyl (C=O) groups excluding carboxylic acids is 1. The number of halogens is 1. The molecule has 0 aliphatic carbocycles. The predicted octanol–water partition coefficient (Wildman–Crippen LogP) is -0.927. The molecule has 8 heteroatoms. The maximum Gasteiger partial charge on any atom is 0.254 e. The molecule has 3 N–H and O–H groups in total. The van der Waals surface area contributed by atoms with E-state index in [0.717, 1.165) is 28.2 Å². The minimum atomic E-state index is -1.19. The van der Waals surface area contributed by atoms with Gasteiger partial charge in [-0.3, -0.25) is 0 Å². The van der Waals surface area contributed by atoms with E-state index in [4.69, 9.17) is 0 Å². The number of rotatable bonds is 2. The molecule has 4 rings (SSSR count). The van der Waals surface area contributed by atoms with Gasteiger partial charge in [-0.05, 0) is 42.8 Å². The Morgan fingerprint density at radius 2 is 1.25 bits per heavy atom. The SMILES string of the molecule is CCCNC(=O)[O-].C[n+]1cccc2cccc(O)c21.C[n+]1cccc2cccc(O)c21.[I-]. The Kier molecular flexibility index (Phi) is 11.2. The molecule has 32 heavy (non-hydrogen) atoms. The van der Waals surface area contributed by atoms with E-state index in [-0.39, 0.29) is 24.0 Å². The number of aromatic nitrogens is 2. The highest BCUT2D eigenvalue weighted by atomic mass is 127. The molecule has 7 nitrogen and oxygen atoms in total. The van der Waals surface area contributed by atoms with Crippen LogP contribution in [-0.2, 0) is 14.1 Å². The second-order valence-corrected chi connectivity index (χ2v) is 6.88. The molecule has 0 radical (unpaired) electrons. The van der Waals surface area contributed by atoms with E-state index in [1.807, 2.05) is 91.1 Å². The number of nitrogens with zero attached hydrogens (tertiary/aromatic N) is 2. The maximum absolute atomic E-state index is 9.54. The van der Waals surface area contributed by atoms with Crippen LogP contribution in [0.4, 0.5) is 4.79 Å². The highest BCUT2D eigenvalue weighted by Gasteiger charge is 2.08. The number of para-hydroxylation sites is 2. The third-order valence-electron chi connectivity index (χ3n) is 4.49. The molecule has 0 saturated heterocycles. The molecule has 0 aliphatic heterocycles. The normalized spacial score (nSPS) is 9.59.